The topological polar surface area (TPSA) is 116 Å². The monoisotopic (exact) mass is 340 g/mol. The number of carbonyl (C=O) groups is 3. The molecule has 4 N–H and O–H groups in total. The summed E-state index contributed by atoms with van der Waals surface area (Å²) in [4.78, 5) is 38.9. The van der Waals surface area contributed by atoms with Crippen LogP contribution >= 0.6 is 0 Å². The van der Waals surface area contributed by atoms with Crippen LogP contribution in [0.4, 0.5) is 4.79 Å². The van der Waals surface area contributed by atoms with Crippen molar-refractivity contribution in [3.63, 3.8) is 0 Å². The summed E-state index contributed by atoms with van der Waals surface area (Å²) in [5.74, 6) is -2.29. The SMILES string of the molecule is C=CC(=O)NC[C@H]1[C@H](N)[C@H](C(=O)O)CN1C(=O)N(C(C)C)C(C)C. The number of likely N-dealkylation sites (tertiary alicyclic amines) is 1. The van der Waals surface area contributed by atoms with E-state index in [0.717, 1.165) is 6.08 Å². The minimum absolute atomic E-state index is 0.0277. The summed E-state index contributed by atoms with van der Waals surface area (Å²) >= 11 is 0. The van der Waals surface area contributed by atoms with Crippen molar-refractivity contribution in [2.24, 2.45) is 11.7 Å². The Morgan fingerprint density at radius 1 is 1.33 bits per heavy atom. The number of nitrogens with one attached hydrogen (secondary N) is 1. The van der Waals surface area contributed by atoms with Crippen molar-refractivity contribution < 1.29 is 19.5 Å². The van der Waals surface area contributed by atoms with E-state index in [0.29, 0.717) is 0 Å². The van der Waals surface area contributed by atoms with Gasteiger partial charge in [-0.25, -0.2) is 4.79 Å². The third-order valence-corrected chi connectivity index (χ3v) is 4.27. The molecule has 136 valence electrons. The number of aliphatic carboxylic acids is 1. The van der Waals surface area contributed by atoms with Gasteiger partial charge in [0.2, 0.25) is 5.91 Å². The smallest absolute Gasteiger partial charge is 0.320 e. The maximum absolute atomic E-state index is 12.9. The third-order valence-electron chi connectivity index (χ3n) is 4.27. The van der Waals surface area contributed by atoms with Gasteiger partial charge in [0.15, 0.2) is 0 Å². The Hall–Kier alpha value is -2.09. The largest absolute Gasteiger partial charge is 0.481 e. The number of nitrogens with two attached hydrogens (primary N) is 1. The summed E-state index contributed by atoms with van der Waals surface area (Å²) in [6.45, 7) is 11.1. The average Bonchev–Trinajstić information content (AvgIpc) is 2.81. The van der Waals surface area contributed by atoms with Gasteiger partial charge >= 0.3 is 12.0 Å². The fourth-order valence-electron chi connectivity index (χ4n) is 3.12. The van der Waals surface area contributed by atoms with Gasteiger partial charge in [0.25, 0.3) is 0 Å². The Morgan fingerprint density at radius 2 is 1.88 bits per heavy atom. The number of amides is 3. The summed E-state index contributed by atoms with van der Waals surface area (Å²) in [6, 6.07) is -1.68. The fourth-order valence-corrected chi connectivity index (χ4v) is 3.12. The fraction of sp³-hybridized carbons (Fsp3) is 0.688. The molecule has 8 nitrogen and oxygen atoms in total. The van der Waals surface area contributed by atoms with Crippen LogP contribution in [0.3, 0.4) is 0 Å². The first-order valence-electron chi connectivity index (χ1n) is 8.09. The summed E-state index contributed by atoms with van der Waals surface area (Å²) < 4.78 is 0. The molecule has 24 heavy (non-hydrogen) atoms. The highest BCUT2D eigenvalue weighted by atomic mass is 16.4. The van der Waals surface area contributed by atoms with Crippen LogP contribution in [0.2, 0.25) is 0 Å². The van der Waals surface area contributed by atoms with Crippen molar-refractivity contribution in [1.82, 2.24) is 15.1 Å². The van der Waals surface area contributed by atoms with Gasteiger partial charge in [0, 0.05) is 31.2 Å². The third kappa shape index (κ3) is 4.25. The number of carboxylic acid groups (broad SMARTS) is 1. The number of carboxylic acids is 1. The molecule has 0 spiro atoms. The Balaban J connectivity index is 3.05. The predicted octanol–water partition coefficient (Wildman–Crippen LogP) is 0.240. The van der Waals surface area contributed by atoms with Crippen LogP contribution in [0, 0.1) is 5.92 Å². The number of carbonyl (C=O) groups excluding carboxylic acids is 2. The average molecular weight is 340 g/mol. The summed E-state index contributed by atoms with van der Waals surface area (Å²) in [6.07, 6.45) is 1.12. The molecular weight excluding hydrogens is 312 g/mol. The van der Waals surface area contributed by atoms with E-state index in [1.54, 1.807) is 4.90 Å². The highest BCUT2D eigenvalue weighted by Gasteiger charge is 2.46. The molecule has 3 atom stereocenters. The van der Waals surface area contributed by atoms with Gasteiger partial charge in [-0.3, -0.25) is 9.59 Å². The quantitative estimate of drug-likeness (QED) is 0.599. The molecule has 1 rings (SSSR count). The zero-order valence-electron chi connectivity index (χ0n) is 14.7. The minimum atomic E-state index is -1.04. The van der Waals surface area contributed by atoms with Crippen LogP contribution in [0.15, 0.2) is 12.7 Å². The van der Waals surface area contributed by atoms with Crippen LogP contribution < -0.4 is 11.1 Å². The molecule has 0 aromatic carbocycles. The van der Waals surface area contributed by atoms with Crippen molar-refractivity contribution in [2.75, 3.05) is 13.1 Å². The van der Waals surface area contributed by atoms with E-state index in [-0.39, 0.29) is 31.2 Å². The van der Waals surface area contributed by atoms with Gasteiger partial charge in [-0.2, -0.15) is 0 Å². The maximum Gasteiger partial charge on any atom is 0.320 e. The van der Waals surface area contributed by atoms with Crippen LogP contribution in [-0.2, 0) is 9.59 Å². The van der Waals surface area contributed by atoms with E-state index >= 15 is 0 Å². The summed E-state index contributed by atoms with van der Waals surface area (Å²) in [5, 5.41) is 12.0. The lowest BCUT2D eigenvalue weighted by Crippen LogP contribution is -2.55. The molecule has 0 aliphatic carbocycles. The maximum atomic E-state index is 12.9. The number of nitrogens with zero attached hydrogens (tertiary/aromatic N) is 2. The van der Waals surface area contributed by atoms with E-state index in [1.807, 2.05) is 27.7 Å². The molecule has 1 fully saturated rings. The summed E-state index contributed by atoms with van der Waals surface area (Å²) in [5.41, 5.74) is 6.06. The Kier molecular flexibility index (Phi) is 6.77. The molecular formula is C16H28N4O4. The normalized spacial score (nSPS) is 23.5. The lowest BCUT2D eigenvalue weighted by Gasteiger charge is -2.37. The second-order valence-corrected chi connectivity index (χ2v) is 6.57. The summed E-state index contributed by atoms with van der Waals surface area (Å²) in [7, 11) is 0. The molecule has 0 unspecified atom stereocenters. The molecule has 0 radical (unpaired) electrons. The number of rotatable bonds is 6. The molecule has 0 saturated carbocycles. The highest BCUT2D eigenvalue weighted by Crippen LogP contribution is 2.25. The van der Waals surface area contributed by atoms with E-state index in [9.17, 15) is 19.5 Å². The van der Waals surface area contributed by atoms with Gasteiger partial charge in [0.1, 0.15) is 0 Å². The van der Waals surface area contributed by atoms with Gasteiger partial charge in [-0.05, 0) is 33.8 Å². The molecule has 8 heteroatoms. The van der Waals surface area contributed by atoms with Crippen LogP contribution in [0.25, 0.3) is 0 Å². The van der Waals surface area contributed by atoms with E-state index in [2.05, 4.69) is 11.9 Å². The van der Waals surface area contributed by atoms with Crippen molar-refractivity contribution >= 4 is 17.9 Å². The number of urea groups is 1. The molecule has 1 aliphatic heterocycles. The first kappa shape index (κ1) is 20.0. The zero-order chi connectivity index (χ0) is 18.6. The van der Waals surface area contributed by atoms with E-state index < -0.39 is 29.9 Å². The Labute approximate surface area is 142 Å². The second-order valence-electron chi connectivity index (χ2n) is 6.57. The van der Waals surface area contributed by atoms with Gasteiger partial charge in [-0.1, -0.05) is 6.58 Å². The second kappa shape index (κ2) is 8.14. The molecule has 3 amide bonds. The zero-order valence-corrected chi connectivity index (χ0v) is 14.7. The van der Waals surface area contributed by atoms with Gasteiger partial charge in [-0.15, -0.1) is 0 Å². The van der Waals surface area contributed by atoms with Crippen LogP contribution in [0.1, 0.15) is 27.7 Å². The molecule has 0 aromatic heterocycles. The molecule has 1 aliphatic rings. The first-order chi connectivity index (χ1) is 11.1. The van der Waals surface area contributed by atoms with Crippen molar-refractivity contribution in [1.29, 1.82) is 0 Å². The van der Waals surface area contributed by atoms with Gasteiger partial charge < -0.3 is 26.0 Å². The minimum Gasteiger partial charge on any atom is -0.481 e. The number of hydrogen-bond donors (Lipinski definition) is 3. The van der Waals surface area contributed by atoms with Crippen LogP contribution in [-0.4, -0.2) is 70.1 Å². The predicted molar refractivity (Wildman–Crippen MR) is 90.3 cm³/mol. The van der Waals surface area contributed by atoms with Crippen molar-refractivity contribution in [2.45, 2.75) is 51.9 Å². The van der Waals surface area contributed by atoms with Gasteiger partial charge in [0.05, 0.1) is 12.0 Å². The lowest BCUT2D eigenvalue weighted by atomic mass is 10.00. The highest BCUT2D eigenvalue weighted by molar-refractivity contribution is 5.87. The molecule has 1 saturated heterocycles. The molecule has 1 heterocycles. The molecule has 0 aromatic rings. The van der Waals surface area contributed by atoms with E-state index in [4.69, 9.17) is 5.73 Å². The van der Waals surface area contributed by atoms with Crippen LogP contribution in [0.5, 0.6) is 0 Å². The van der Waals surface area contributed by atoms with Crippen molar-refractivity contribution in [3.05, 3.63) is 12.7 Å². The Morgan fingerprint density at radius 3 is 2.29 bits per heavy atom. The molecule has 0 bridgehead atoms. The Bertz CT molecular complexity index is 498. The van der Waals surface area contributed by atoms with E-state index in [1.165, 1.54) is 4.90 Å². The lowest BCUT2D eigenvalue weighted by molar-refractivity contribution is -0.141. The number of hydrogen-bond acceptors (Lipinski definition) is 4. The first-order valence-corrected chi connectivity index (χ1v) is 8.09. The van der Waals surface area contributed by atoms with Crippen molar-refractivity contribution in [3.8, 4) is 0 Å². The standard InChI is InChI=1S/C16H28N4O4/c1-6-13(21)18-7-12-14(17)11(15(22)23)8-19(12)16(24)20(9(2)3)10(4)5/h6,9-12,14H,1,7-8,17H2,2-5H3,(H,18,21)(H,22,23)/t11-,12+,14-/m1/s1.